The molecule has 0 saturated carbocycles. The van der Waals surface area contributed by atoms with Crippen molar-refractivity contribution in [1.82, 2.24) is 25.3 Å². The standard InChI is InChI=1S/C21H28FN5O/c22-17-5-7-18(8-6-17)27-19(9-11-25-27)15-26-12-2-3-16(14-26)13-24-21(28)20-4-1-10-23-20/h5-9,11,16,20,23H,1-4,10,12-15H2,(H,24,28). The number of carbonyl (C=O) groups excluding carboxylic acids is 1. The van der Waals surface area contributed by atoms with Crippen LogP contribution in [-0.2, 0) is 11.3 Å². The Balaban J connectivity index is 1.32. The quantitative estimate of drug-likeness (QED) is 0.799. The van der Waals surface area contributed by atoms with E-state index < -0.39 is 0 Å². The van der Waals surface area contributed by atoms with Gasteiger partial charge in [-0.15, -0.1) is 0 Å². The van der Waals surface area contributed by atoms with Gasteiger partial charge in [0.25, 0.3) is 0 Å². The molecule has 2 saturated heterocycles. The minimum Gasteiger partial charge on any atom is -0.354 e. The molecule has 7 heteroatoms. The molecule has 2 fully saturated rings. The average Bonchev–Trinajstić information content (AvgIpc) is 3.39. The van der Waals surface area contributed by atoms with E-state index in [9.17, 15) is 9.18 Å². The molecule has 2 N–H and O–H groups in total. The molecule has 6 nitrogen and oxygen atoms in total. The van der Waals surface area contributed by atoms with Gasteiger partial charge in [-0.2, -0.15) is 5.10 Å². The number of halogens is 1. The third-order valence-electron chi connectivity index (χ3n) is 5.72. The van der Waals surface area contributed by atoms with Gasteiger partial charge in [0.1, 0.15) is 5.82 Å². The van der Waals surface area contributed by atoms with Gasteiger partial charge in [0.15, 0.2) is 0 Å². The first-order chi connectivity index (χ1) is 13.7. The first-order valence-corrected chi connectivity index (χ1v) is 10.2. The van der Waals surface area contributed by atoms with Crippen LogP contribution in [0.15, 0.2) is 36.5 Å². The van der Waals surface area contributed by atoms with E-state index in [0.717, 1.165) is 69.8 Å². The highest BCUT2D eigenvalue weighted by Crippen LogP contribution is 2.20. The molecule has 1 aromatic heterocycles. The fraction of sp³-hybridized carbons (Fsp3) is 0.524. The number of nitrogens with one attached hydrogen (secondary N) is 2. The molecule has 0 spiro atoms. The lowest BCUT2D eigenvalue weighted by Crippen LogP contribution is -2.45. The van der Waals surface area contributed by atoms with E-state index in [-0.39, 0.29) is 17.8 Å². The van der Waals surface area contributed by atoms with E-state index in [1.807, 2.05) is 10.7 Å². The summed E-state index contributed by atoms with van der Waals surface area (Å²) in [6.07, 6.45) is 6.08. The maximum absolute atomic E-state index is 13.2. The van der Waals surface area contributed by atoms with Gasteiger partial charge in [-0.3, -0.25) is 9.69 Å². The molecular weight excluding hydrogens is 357 g/mol. The third-order valence-corrected chi connectivity index (χ3v) is 5.72. The van der Waals surface area contributed by atoms with Crippen LogP contribution in [0.1, 0.15) is 31.4 Å². The van der Waals surface area contributed by atoms with Crippen LogP contribution in [0.4, 0.5) is 4.39 Å². The van der Waals surface area contributed by atoms with Crippen LogP contribution in [0.2, 0.25) is 0 Å². The fourth-order valence-corrected chi connectivity index (χ4v) is 4.23. The third kappa shape index (κ3) is 4.59. The monoisotopic (exact) mass is 385 g/mol. The molecule has 28 heavy (non-hydrogen) atoms. The van der Waals surface area contributed by atoms with Gasteiger partial charge in [-0.25, -0.2) is 9.07 Å². The van der Waals surface area contributed by atoms with Crippen molar-refractivity contribution in [2.45, 2.75) is 38.3 Å². The molecule has 0 bridgehead atoms. The molecule has 3 heterocycles. The Morgan fingerprint density at radius 2 is 2.07 bits per heavy atom. The van der Waals surface area contributed by atoms with Gasteiger partial charge in [0.2, 0.25) is 5.91 Å². The smallest absolute Gasteiger partial charge is 0.237 e. The number of piperidine rings is 1. The molecule has 150 valence electrons. The van der Waals surface area contributed by atoms with Gasteiger partial charge in [-0.1, -0.05) is 0 Å². The zero-order chi connectivity index (χ0) is 19.3. The molecule has 4 rings (SSSR count). The Morgan fingerprint density at radius 3 is 2.86 bits per heavy atom. The minimum atomic E-state index is -0.244. The summed E-state index contributed by atoms with van der Waals surface area (Å²) in [7, 11) is 0. The van der Waals surface area contributed by atoms with E-state index in [2.05, 4.69) is 20.6 Å². The highest BCUT2D eigenvalue weighted by atomic mass is 19.1. The number of likely N-dealkylation sites (tertiary alicyclic amines) is 1. The van der Waals surface area contributed by atoms with Gasteiger partial charge < -0.3 is 10.6 Å². The van der Waals surface area contributed by atoms with E-state index in [1.165, 1.54) is 12.1 Å². The predicted octanol–water partition coefficient (Wildman–Crippen LogP) is 2.09. The van der Waals surface area contributed by atoms with Crippen LogP contribution in [0.5, 0.6) is 0 Å². The summed E-state index contributed by atoms with van der Waals surface area (Å²) >= 11 is 0. The fourth-order valence-electron chi connectivity index (χ4n) is 4.23. The average molecular weight is 385 g/mol. The highest BCUT2D eigenvalue weighted by molar-refractivity contribution is 5.81. The van der Waals surface area contributed by atoms with Crippen molar-refractivity contribution < 1.29 is 9.18 Å². The first-order valence-electron chi connectivity index (χ1n) is 10.2. The minimum absolute atomic E-state index is 0.00949. The van der Waals surface area contributed by atoms with Crippen molar-refractivity contribution in [2.75, 3.05) is 26.2 Å². The normalized spacial score (nSPS) is 23.0. The van der Waals surface area contributed by atoms with Crippen molar-refractivity contribution >= 4 is 5.91 Å². The van der Waals surface area contributed by atoms with Gasteiger partial charge in [0, 0.05) is 25.8 Å². The van der Waals surface area contributed by atoms with Crippen LogP contribution in [-0.4, -0.2) is 52.8 Å². The Morgan fingerprint density at radius 1 is 1.21 bits per heavy atom. The maximum atomic E-state index is 13.2. The van der Waals surface area contributed by atoms with Gasteiger partial charge in [-0.05, 0) is 75.0 Å². The number of hydrogen-bond acceptors (Lipinski definition) is 4. The van der Waals surface area contributed by atoms with Crippen LogP contribution in [0.25, 0.3) is 5.69 Å². The predicted molar refractivity (Wildman–Crippen MR) is 106 cm³/mol. The molecule has 0 radical (unpaired) electrons. The Bertz CT molecular complexity index is 784. The summed E-state index contributed by atoms with van der Waals surface area (Å²) < 4.78 is 15.1. The number of amides is 1. The zero-order valence-corrected chi connectivity index (χ0v) is 16.1. The number of nitrogens with zero attached hydrogens (tertiary/aromatic N) is 3. The van der Waals surface area contributed by atoms with E-state index >= 15 is 0 Å². The second kappa shape index (κ2) is 8.84. The second-order valence-electron chi connectivity index (χ2n) is 7.85. The Hall–Kier alpha value is -2.25. The molecular formula is C21H28FN5O. The van der Waals surface area contributed by atoms with Gasteiger partial charge in [0.05, 0.1) is 17.4 Å². The van der Waals surface area contributed by atoms with E-state index in [4.69, 9.17) is 0 Å². The summed E-state index contributed by atoms with van der Waals surface area (Å²) in [6, 6.07) is 8.42. The van der Waals surface area contributed by atoms with E-state index in [0.29, 0.717) is 5.92 Å². The molecule has 2 aliphatic rings. The summed E-state index contributed by atoms with van der Waals surface area (Å²) in [5, 5.41) is 10.8. The molecule has 1 amide bonds. The number of hydrogen-bond donors (Lipinski definition) is 2. The maximum Gasteiger partial charge on any atom is 0.237 e. The lowest BCUT2D eigenvalue weighted by molar-refractivity contribution is -0.123. The molecule has 2 unspecified atom stereocenters. The zero-order valence-electron chi connectivity index (χ0n) is 16.1. The summed E-state index contributed by atoms with van der Waals surface area (Å²) in [5.74, 6) is 0.372. The summed E-state index contributed by atoms with van der Waals surface area (Å²) in [4.78, 5) is 14.6. The van der Waals surface area contributed by atoms with Crippen LogP contribution in [0, 0.1) is 11.7 Å². The van der Waals surface area contributed by atoms with Crippen LogP contribution >= 0.6 is 0 Å². The Kier molecular flexibility index (Phi) is 6.02. The molecule has 1 aromatic carbocycles. The summed E-state index contributed by atoms with van der Waals surface area (Å²) in [5.41, 5.74) is 1.96. The van der Waals surface area contributed by atoms with Gasteiger partial charge >= 0.3 is 0 Å². The highest BCUT2D eigenvalue weighted by Gasteiger charge is 2.25. The first kappa shape index (κ1) is 19.1. The van der Waals surface area contributed by atoms with Crippen molar-refractivity contribution in [3.05, 3.63) is 48.0 Å². The van der Waals surface area contributed by atoms with Crippen molar-refractivity contribution in [3.8, 4) is 5.69 Å². The Labute approximate surface area is 165 Å². The van der Waals surface area contributed by atoms with Crippen molar-refractivity contribution in [3.63, 3.8) is 0 Å². The lowest BCUT2D eigenvalue weighted by Gasteiger charge is -2.33. The molecule has 2 aliphatic heterocycles. The molecule has 2 atom stereocenters. The summed E-state index contributed by atoms with van der Waals surface area (Å²) in [6.45, 7) is 4.49. The van der Waals surface area contributed by atoms with Crippen molar-refractivity contribution in [1.29, 1.82) is 0 Å². The van der Waals surface area contributed by atoms with Crippen LogP contribution in [0.3, 0.4) is 0 Å². The number of benzene rings is 1. The number of rotatable bonds is 6. The largest absolute Gasteiger partial charge is 0.354 e. The van der Waals surface area contributed by atoms with Crippen LogP contribution < -0.4 is 10.6 Å². The second-order valence-corrected chi connectivity index (χ2v) is 7.85. The van der Waals surface area contributed by atoms with E-state index in [1.54, 1.807) is 18.3 Å². The number of carbonyl (C=O) groups is 1. The molecule has 2 aromatic rings. The SMILES string of the molecule is O=C(NCC1CCCN(Cc2ccnn2-c2ccc(F)cc2)C1)C1CCCN1. The lowest BCUT2D eigenvalue weighted by atomic mass is 9.97. The van der Waals surface area contributed by atoms with Crippen molar-refractivity contribution in [2.24, 2.45) is 5.92 Å². The number of aromatic nitrogens is 2. The topological polar surface area (TPSA) is 62.2 Å². The molecule has 0 aliphatic carbocycles.